The number of hydrogen-bond donors (Lipinski definition) is 2. The number of anilines is 2. The number of thioether (sulfide) groups is 1. The molecule has 2 aromatic rings. The number of hydrogen-bond acceptors (Lipinski definition) is 4. The lowest BCUT2D eigenvalue weighted by molar-refractivity contribution is -0.115. The largest absolute Gasteiger partial charge is 0.399 e. The van der Waals surface area contributed by atoms with Crippen LogP contribution < -0.4 is 11.1 Å². The zero-order chi connectivity index (χ0) is 14.5. The Hall–Kier alpha value is -1.95. The van der Waals surface area contributed by atoms with Crippen LogP contribution in [0.5, 0.6) is 0 Å². The van der Waals surface area contributed by atoms with Crippen molar-refractivity contribution in [3.63, 3.8) is 0 Å². The van der Waals surface area contributed by atoms with Gasteiger partial charge in [-0.25, -0.2) is 4.98 Å². The Kier molecular flexibility index (Phi) is 4.68. The predicted molar refractivity (Wildman–Crippen MR) is 82.8 cm³/mol. The van der Waals surface area contributed by atoms with Gasteiger partial charge in [-0.3, -0.25) is 4.79 Å². The van der Waals surface area contributed by atoms with Crippen molar-refractivity contribution in [3.8, 4) is 0 Å². The van der Waals surface area contributed by atoms with E-state index in [-0.39, 0.29) is 5.91 Å². The number of imidazole rings is 1. The van der Waals surface area contributed by atoms with Crippen molar-refractivity contribution < 1.29 is 4.79 Å². The summed E-state index contributed by atoms with van der Waals surface area (Å²) in [6.45, 7) is 1.94. The number of nitrogens with zero attached hydrogens (tertiary/aromatic N) is 2. The van der Waals surface area contributed by atoms with E-state index in [1.807, 2.05) is 36.9 Å². The van der Waals surface area contributed by atoms with Gasteiger partial charge in [0.05, 0.1) is 0 Å². The average Bonchev–Trinajstić information content (AvgIpc) is 2.80. The fraction of sp³-hybridized carbons (Fsp3) is 0.286. The molecule has 0 aliphatic heterocycles. The topological polar surface area (TPSA) is 72.9 Å². The van der Waals surface area contributed by atoms with Crippen molar-refractivity contribution in [1.29, 1.82) is 0 Å². The Bertz CT molecular complexity index is 609. The molecule has 0 atom stereocenters. The highest BCUT2D eigenvalue weighted by Crippen LogP contribution is 2.19. The fourth-order valence-corrected chi connectivity index (χ4v) is 2.58. The van der Waals surface area contributed by atoms with Crippen molar-refractivity contribution in [3.05, 3.63) is 36.2 Å². The molecule has 1 aromatic carbocycles. The number of benzene rings is 1. The Labute approximate surface area is 122 Å². The molecule has 1 aromatic heterocycles. The van der Waals surface area contributed by atoms with Crippen LogP contribution in [0, 0.1) is 6.92 Å². The highest BCUT2D eigenvalue weighted by atomic mass is 32.2. The molecule has 5 nitrogen and oxygen atoms in total. The highest BCUT2D eigenvalue weighted by molar-refractivity contribution is 7.99. The molecule has 0 saturated carbocycles. The fourth-order valence-electron chi connectivity index (χ4n) is 1.71. The Morgan fingerprint density at radius 2 is 2.30 bits per heavy atom. The van der Waals surface area contributed by atoms with Crippen molar-refractivity contribution in [2.75, 3.05) is 16.8 Å². The molecule has 0 saturated heterocycles. The van der Waals surface area contributed by atoms with Gasteiger partial charge in [0.15, 0.2) is 5.16 Å². The van der Waals surface area contributed by atoms with Crippen LogP contribution in [-0.2, 0) is 11.8 Å². The van der Waals surface area contributed by atoms with Crippen LogP contribution in [0.25, 0.3) is 0 Å². The first-order valence-electron chi connectivity index (χ1n) is 6.32. The van der Waals surface area contributed by atoms with E-state index in [0.29, 0.717) is 17.9 Å². The number of nitrogens with one attached hydrogen (secondary N) is 1. The monoisotopic (exact) mass is 290 g/mol. The predicted octanol–water partition coefficient (Wildman–Crippen LogP) is 2.43. The molecule has 0 aliphatic carbocycles. The standard InChI is InChI=1S/C14H18N4OS/c1-10-3-4-11(15)9-12(10)17-13(19)5-8-20-14-16-6-7-18(14)2/h3-4,6-7,9H,5,8,15H2,1-2H3,(H,17,19). The minimum absolute atomic E-state index is 0.0135. The molecular formula is C14H18N4OS. The van der Waals surface area contributed by atoms with Crippen molar-refractivity contribution >= 4 is 29.0 Å². The van der Waals surface area contributed by atoms with Gasteiger partial charge in [0.25, 0.3) is 0 Å². The minimum atomic E-state index is -0.0135. The molecule has 3 N–H and O–H groups in total. The molecule has 0 spiro atoms. The first kappa shape index (κ1) is 14.5. The van der Waals surface area contributed by atoms with Gasteiger partial charge >= 0.3 is 0 Å². The zero-order valence-corrected chi connectivity index (χ0v) is 12.4. The van der Waals surface area contributed by atoms with Gasteiger partial charge in [0.2, 0.25) is 5.91 Å². The molecule has 0 unspecified atom stereocenters. The third-order valence-electron chi connectivity index (χ3n) is 2.87. The smallest absolute Gasteiger partial charge is 0.225 e. The maximum absolute atomic E-state index is 11.9. The van der Waals surface area contributed by atoms with E-state index in [2.05, 4.69) is 10.3 Å². The summed E-state index contributed by atoms with van der Waals surface area (Å²) in [4.78, 5) is 16.1. The van der Waals surface area contributed by atoms with Gasteiger partial charge < -0.3 is 15.6 Å². The number of aromatic nitrogens is 2. The lowest BCUT2D eigenvalue weighted by atomic mass is 10.2. The first-order chi connectivity index (χ1) is 9.56. The quantitative estimate of drug-likeness (QED) is 0.655. The van der Waals surface area contributed by atoms with Gasteiger partial charge in [-0.15, -0.1) is 0 Å². The lowest BCUT2D eigenvalue weighted by Gasteiger charge is -2.09. The molecule has 1 amide bonds. The first-order valence-corrected chi connectivity index (χ1v) is 7.31. The van der Waals surface area contributed by atoms with Crippen molar-refractivity contribution in [1.82, 2.24) is 9.55 Å². The second-order valence-electron chi connectivity index (χ2n) is 4.54. The average molecular weight is 290 g/mol. The number of aryl methyl sites for hydroxylation is 2. The zero-order valence-electron chi connectivity index (χ0n) is 11.6. The Morgan fingerprint density at radius 1 is 1.50 bits per heavy atom. The normalized spacial score (nSPS) is 10.5. The molecule has 0 bridgehead atoms. The molecule has 106 valence electrons. The summed E-state index contributed by atoms with van der Waals surface area (Å²) >= 11 is 1.57. The van der Waals surface area contributed by atoms with E-state index in [4.69, 9.17) is 5.73 Å². The molecular weight excluding hydrogens is 272 g/mol. The van der Waals surface area contributed by atoms with E-state index < -0.39 is 0 Å². The van der Waals surface area contributed by atoms with Gasteiger partial charge in [0.1, 0.15) is 0 Å². The summed E-state index contributed by atoms with van der Waals surface area (Å²) in [7, 11) is 1.94. The van der Waals surface area contributed by atoms with Crippen LogP contribution in [0.4, 0.5) is 11.4 Å². The van der Waals surface area contributed by atoms with Crippen LogP contribution in [0.15, 0.2) is 35.7 Å². The highest BCUT2D eigenvalue weighted by Gasteiger charge is 2.07. The molecule has 0 aliphatic rings. The second-order valence-corrected chi connectivity index (χ2v) is 5.60. The van der Waals surface area contributed by atoms with Crippen LogP contribution in [-0.4, -0.2) is 21.2 Å². The third kappa shape index (κ3) is 3.77. The summed E-state index contributed by atoms with van der Waals surface area (Å²) in [5.41, 5.74) is 8.14. The van der Waals surface area contributed by atoms with Gasteiger partial charge in [-0.1, -0.05) is 17.8 Å². The number of carbonyl (C=O) groups excluding carboxylic acids is 1. The van der Waals surface area contributed by atoms with Crippen LogP contribution in [0.3, 0.4) is 0 Å². The van der Waals surface area contributed by atoms with Gasteiger partial charge in [-0.05, 0) is 24.6 Å². The summed E-state index contributed by atoms with van der Waals surface area (Å²) in [6.07, 6.45) is 4.07. The summed E-state index contributed by atoms with van der Waals surface area (Å²) in [5, 5.41) is 3.80. The van der Waals surface area contributed by atoms with E-state index in [1.165, 1.54) is 0 Å². The Morgan fingerprint density at radius 3 is 3.00 bits per heavy atom. The number of carbonyl (C=O) groups is 1. The van der Waals surface area contributed by atoms with E-state index in [1.54, 1.807) is 24.0 Å². The Balaban J connectivity index is 1.84. The number of nitrogen functional groups attached to an aromatic ring is 1. The van der Waals surface area contributed by atoms with Gasteiger partial charge in [-0.2, -0.15) is 0 Å². The van der Waals surface area contributed by atoms with Crippen molar-refractivity contribution in [2.24, 2.45) is 7.05 Å². The van der Waals surface area contributed by atoms with Crippen LogP contribution in [0.2, 0.25) is 0 Å². The van der Waals surface area contributed by atoms with Crippen molar-refractivity contribution in [2.45, 2.75) is 18.5 Å². The van der Waals surface area contributed by atoms with Crippen LogP contribution >= 0.6 is 11.8 Å². The van der Waals surface area contributed by atoms with Gasteiger partial charge in [0, 0.05) is 43.0 Å². The minimum Gasteiger partial charge on any atom is -0.399 e. The second kappa shape index (κ2) is 6.47. The van der Waals surface area contributed by atoms with E-state index in [0.717, 1.165) is 16.4 Å². The van der Waals surface area contributed by atoms with E-state index in [9.17, 15) is 4.79 Å². The molecule has 1 heterocycles. The number of rotatable bonds is 5. The summed E-state index contributed by atoms with van der Waals surface area (Å²) in [6, 6.07) is 5.49. The summed E-state index contributed by atoms with van der Waals surface area (Å²) in [5.74, 6) is 0.679. The molecule has 0 fully saturated rings. The SMILES string of the molecule is Cc1ccc(N)cc1NC(=O)CCSc1nccn1C. The van der Waals surface area contributed by atoms with E-state index >= 15 is 0 Å². The summed E-state index contributed by atoms with van der Waals surface area (Å²) < 4.78 is 1.94. The maximum atomic E-state index is 11.9. The molecule has 2 rings (SSSR count). The van der Waals surface area contributed by atoms with Crippen LogP contribution in [0.1, 0.15) is 12.0 Å². The molecule has 6 heteroatoms. The number of nitrogens with two attached hydrogens (primary N) is 1. The molecule has 0 radical (unpaired) electrons. The molecule has 20 heavy (non-hydrogen) atoms. The third-order valence-corrected chi connectivity index (χ3v) is 3.93. The maximum Gasteiger partial charge on any atom is 0.225 e. The lowest BCUT2D eigenvalue weighted by Crippen LogP contribution is -2.13. The number of amides is 1.